The number of ether oxygens (including phenoxy) is 1. The van der Waals surface area contributed by atoms with E-state index in [0.29, 0.717) is 30.4 Å². The van der Waals surface area contributed by atoms with Crippen molar-refractivity contribution in [3.8, 4) is 11.7 Å². The van der Waals surface area contributed by atoms with Crippen LogP contribution in [0.4, 0.5) is 5.69 Å². The maximum Gasteiger partial charge on any atom is 0.257 e. The van der Waals surface area contributed by atoms with Crippen LogP contribution in [0.25, 0.3) is 5.82 Å². The van der Waals surface area contributed by atoms with Gasteiger partial charge in [-0.05, 0) is 25.1 Å². The number of hydrogen-bond donors (Lipinski definition) is 0. The fourth-order valence-corrected chi connectivity index (χ4v) is 3.35. The molecule has 0 N–H and O–H groups in total. The molecule has 0 aliphatic carbocycles. The molecule has 1 saturated heterocycles. The maximum absolute atomic E-state index is 13.0. The van der Waals surface area contributed by atoms with E-state index in [1.807, 2.05) is 42.2 Å². The average molecular weight is 378 g/mol. The predicted molar refractivity (Wildman–Crippen MR) is 105 cm³/mol. The number of rotatable bonds is 4. The molecule has 0 saturated carbocycles. The zero-order valence-electron chi connectivity index (χ0n) is 15.9. The Kier molecular flexibility index (Phi) is 4.92. The zero-order chi connectivity index (χ0) is 19.5. The summed E-state index contributed by atoms with van der Waals surface area (Å²) in [5.41, 5.74) is 2.45. The van der Waals surface area contributed by atoms with E-state index in [1.54, 1.807) is 30.4 Å². The van der Waals surface area contributed by atoms with Gasteiger partial charge in [-0.3, -0.25) is 4.79 Å². The number of piperazine rings is 1. The molecule has 0 bridgehead atoms. The first kappa shape index (κ1) is 18.0. The highest BCUT2D eigenvalue weighted by Gasteiger charge is 2.25. The smallest absolute Gasteiger partial charge is 0.257 e. The van der Waals surface area contributed by atoms with Crippen LogP contribution < -0.4 is 9.64 Å². The van der Waals surface area contributed by atoms with Crippen molar-refractivity contribution in [2.75, 3.05) is 38.2 Å². The minimum Gasteiger partial charge on any atom is -0.481 e. The van der Waals surface area contributed by atoms with Crippen molar-refractivity contribution in [3.05, 3.63) is 60.2 Å². The number of hydrogen-bond acceptors (Lipinski definition) is 6. The molecule has 1 fully saturated rings. The first-order chi connectivity index (χ1) is 13.7. The Morgan fingerprint density at radius 1 is 1.04 bits per heavy atom. The molecule has 1 aliphatic heterocycles. The van der Waals surface area contributed by atoms with Crippen molar-refractivity contribution < 1.29 is 9.53 Å². The number of pyridine rings is 2. The molecule has 8 nitrogen and oxygen atoms in total. The van der Waals surface area contributed by atoms with Gasteiger partial charge in [0, 0.05) is 38.4 Å². The third-order valence-electron chi connectivity index (χ3n) is 4.97. The number of aromatic nitrogens is 4. The summed E-state index contributed by atoms with van der Waals surface area (Å²) >= 11 is 0. The minimum absolute atomic E-state index is 0.00665. The summed E-state index contributed by atoms with van der Waals surface area (Å²) < 4.78 is 6.81. The summed E-state index contributed by atoms with van der Waals surface area (Å²) in [5, 5.41) is 4.36. The standard InChI is InChI=1S/C20H22N6O2/c1-15-17(14-23-26(15)18-5-3-4-8-21-18)20(27)25-11-9-24(10-12-25)16-6-7-19(28-2)22-13-16/h3-8,13-14H,9-12H2,1-2H3. The van der Waals surface area contributed by atoms with Crippen molar-refractivity contribution >= 4 is 11.6 Å². The van der Waals surface area contributed by atoms with E-state index < -0.39 is 0 Å². The Labute approximate surface area is 163 Å². The number of carbonyl (C=O) groups excluding carboxylic acids is 1. The molecule has 0 aromatic carbocycles. The van der Waals surface area contributed by atoms with Crippen molar-refractivity contribution in [1.29, 1.82) is 0 Å². The van der Waals surface area contributed by atoms with E-state index in [-0.39, 0.29) is 5.91 Å². The van der Waals surface area contributed by atoms with Crippen LogP contribution in [0.3, 0.4) is 0 Å². The summed E-state index contributed by atoms with van der Waals surface area (Å²) in [7, 11) is 1.60. The van der Waals surface area contributed by atoms with Crippen LogP contribution in [0.1, 0.15) is 16.1 Å². The van der Waals surface area contributed by atoms with E-state index >= 15 is 0 Å². The second kappa shape index (κ2) is 7.67. The molecule has 0 atom stereocenters. The zero-order valence-corrected chi connectivity index (χ0v) is 15.9. The maximum atomic E-state index is 13.0. The molecule has 1 aliphatic rings. The second-order valence-corrected chi connectivity index (χ2v) is 6.58. The number of amides is 1. The van der Waals surface area contributed by atoms with E-state index in [1.165, 1.54) is 0 Å². The molecule has 3 aromatic heterocycles. The van der Waals surface area contributed by atoms with Gasteiger partial charge in [-0.25, -0.2) is 14.6 Å². The number of nitrogens with zero attached hydrogens (tertiary/aromatic N) is 6. The van der Waals surface area contributed by atoms with Crippen molar-refractivity contribution in [3.63, 3.8) is 0 Å². The highest BCUT2D eigenvalue weighted by Crippen LogP contribution is 2.20. The van der Waals surface area contributed by atoms with Gasteiger partial charge in [0.05, 0.1) is 36.4 Å². The largest absolute Gasteiger partial charge is 0.481 e. The summed E-state index contributed by atoms with van der Waals surface area (Å²) in [5.74, 6) is 1.31. The van der Waals surface area contributed by atoms with Crippen LogP contribution in [-0.2, 0) is 0 Å². The Morgan fingerprint density at radius 3 is 2.50 bits per heavy atom. The molecule has 1 amide bonds. The second-order valence-electron chi connectivity index (χ2n) is 6.58. The molecule has 0 unspecified atom stereocenters. The molecular formula is C20H22N6O2. The lowest BCUT2D eigenvalue weighted by molar-refractivity contribution is 0.0746. The molecule has 144 valence electrons. The first-order valence-electron chi connectivity index (χ1n) is 9.17. The van der Waals surface area contributed by atoms with E-state index in [9.17, 15) is 4.79 Å². The fraction of sp³-hybridized carbons (Fsp3) is 0.300. The quantitative estimate of drug-likeness (QED) is 0.691. The van der Waals surface area contributed by atoms with Gasteiger partial charge in [0.25, 0.3) is 5.91 Å². The van der Waals surface area contributed by atoms with Gasteiger partial charge >= 0.3 is 0 Å². The molecule has 4 heterocycles. The van der Waals surface area contributed by atoms with Gasteiger partial charge in [-0.1, -0.05) is 6.07 Å². The van der Waals surface area contributed by atoms with Crippen LogP contribution in [0.2, 0.25) is 0 Å². The molecule has 8 heteroatoms. The molecule has 0 radical (unpaired) electrons. The Balaban J connectivity index is 1.43. The molecule has 3 aromatic rings. The summed E-state index contributed by atoms with van der Waals surface area (Å²) in [4.78, 5) is 25.7. The third-order valence-corrected chi connectivity index (χ3v) is 4.97. The third kappa shape index (κ3) is 3.40. The highest BCUT2D eigenvalue weighted by atomic mass is 16.5. The summed E-state index contributed by atoms with van der Waals surface area (Å²) in [6.07, 6.45) is 5.15. The normalized spacial score (nSPS) is 14.2. The van der Waals surface area contributed by atoms with Crippen LogP contribution in [0.15, 0.2) is 48.9 Å². The molecular weight excluding hydrogens is 356 g/mol. The van der Waals surface area contributed by atoms with Crippen molar-refractivity contribution in [1.82, 2.24) is 24.6 Å². The van der Waals surface area contributed by atoms with E-state index in [0.717, 1.165) is 24.5 Å². The Morgan fingerprint density at radius 2 is 1.86 bits per heavy atom. The van der Waals surface area contributed by atoms with E-state index in [2.05, 4.69) is 20.0 Å². The first-order valence-corrected chi connectivity index (χ1v) is 9.17. The van der Waals surface area contributed by atoms with Gasteiger partial charge in [0.1, 0.15) is 0 Å². The molecule has 0 spiro atoms. The lowest BCUT2D eigenvalue weighted by atomic mass is 10.2. The van der Waals surface area contributed by atoms with Crippen LogP contribution in [0.5, 0.6) is 5.88 Å². The lowest BCUT2D eigenvalue weighted by Crippen LogP contribution is -2.48. The Hall–Kier alpha value is -3.42. The highest BCUT2D eigenvalue weighted by molar-refractivity contribution is 5.95. The monoisotopic (exact) mass is 378 g/mol. The minimum atomic E-state index is 0.00665. The lowest BCUT2D eigenvalue weighted by Gasteiger charge is -2.35. The van der Waals surface area contributed by atoms with Crippen molar-refractivity contribution in [2.45, 2.75) is 6.92 Å². The predicted octanol–water partition coefficient (Wildman–Crippen LogP) is 1.94. The van der Waals surface area contributed by atoms with Gasteiger partial charge in [-0.15, -0.1) is 0 Å². The van der Waals surface area contributed by atoms with Gasteiger partial charge in [0.2, 0.25) is 5.88 Å². The van der Waals surface area contributed by atoms with Gasteiger partial charge < -0.3 is 14.5 Å². The molecule has 4 rings (SSSR count). The summed E-state index contributed by atoms with van der Waals surface area (Å²) in [6.45, 7) is 4.71. The summed E-state index contributed by atoms with van der Waals surface area (Å²) in [6, 6.07) is 9.47. The number of carbonyl (C=O) groups is 1. The SMILES string of the molecule is COc1ccc(N2CCN(C(=O)c3cnn(-c4ccccn4)c3C)CC2)cn1. The fourth-order valence-electron chi connectivity index (χ4n) is 3.35. The average Bonchev–Trinajstić information content (AvgIpc) is 3.15. The Bertz CT molecular complexity index is 947. The van der Waals surface area contributed by atoms with Gasteiger partial charge in [0.15, 0.2) is 5.82 Å². The van der Waals surface area contributed by atoms with E-state index in [4.69, 9.17) is 4.74 Å². The number of anilines is 1. The van der Waals surface area contributed by atoms with Gasteiger partial charge in [-0.2, -0.15) is 5.10 Å². The molecule has 28 heavy (non-hydrogen) atoms. The topological polar surface area (TPSA) is 76.4 Å². The van der Waals surface area contributed by atoms with Crippen LogP contribution in [-0.4, -0.2) is 63.8 Å². The van der Waals surface area contributed by atoms with Crippen molar-refractivity contribution in [2.24, 2.45) is 0 Å². The van der Waals surface area contributed by atoms with Crippen LogP contribution in [0, 0.1) is 6.92 Å². The number of methoxy groups -OCH3 is 1. The van der Waals surface area contributed by atoms with Crippen LogP contribution >= 0.6 is 0 Å².